The molecule has 58 heavy (non-hydrogen) atoms. The lowest BCUT2D eigenvalue weighted by molar-refractivity contribution is -0.186. The van der Waals surface area contributed by atoms with Crippen LogP contribution in [0.5, 0.6) is 17.2 Å². The molecule has 0 aliphatic heterocycles. The van der Waals surface area contributed by atoms with E-state index in [1.54, 1.807) is 6.07 Å². The highest BCUT2D eigenvalue weighted by Crippen LogP contribution is 2.27. The molecule has 0 bridgehead atoms. The Kier molecular flexibility index (Phi) is 18.1. The SMILES string of the molecule is C=CC(=O)OCCCCCOC(COc1ccc(C(=O)Oc2ccc(OCOC(=O)C=C)cc2/C=N/Nc2nc3ccccc3s2)cc1)OC(=O)CCOC(=O)C=C. The molecule has 3 aromatic carbocycles. The summed E-state index contributed by atoms with van der Waals surface area (Å²) in [5.74, 6) is -2.44. The van der Waals surface area contributed by atoms with Crippen LogP contribution in [0.2, 0.25) is 0 Å². The lowest BCUT2D eigenvalue weighted by atomic mass is 10.2. The molecule has 4 aromatic rings. The largest absolute Gasteiger partial charge is 0.487 e. The summed E-state index contributed by atoms with van der Waals surface area (Å²) >= 11 is 1.41. The summed E-state index contributed by atoms with van der Waals surface area (Å²) in [4.78, 5) is 64.1. The first kappa shape index (κ1) is 43.9. The molecule has 0 saturated carbocycles. The quantitative estimate of drug-likeness (QED) is 0.0114. The second-order valence-corrected chi connectivity index (χ2v) is 12.6. The first-order valence-electron chi connectivity index (χ1n) is 17.7. The number of hydrazone groups is 1. The van der Waals surface area contributed by atoms with Crippen molar-refractivity contribution in [2.24, 2.45) is 5.10 Å². The number of unbranched alkanes of at least 4 members (excludes halogenated alkanes) is 2. The summed E-state index contributed by atoms with van der Waals surface area (Å²) < 4.78 is 43.8. The number of carbonyl (C=O) groups excluding carboxylic acids is 5. The van der Waals surface area contributed by atoms with Crippen molar-refractivity contribution >= 4 is 62.7 Å². The van der Waals surface area contributed by atoms with Gasteiger partial charge in [0, 0.05) is 23.8 Å². The Labute approximate surface area is 337 Å². The van der Waals surface area contributed by atoms with Crippen LogP contribution in [0.1, 0.15) is 41.6 Å². The molecule has 304 valence electrons. The predicted molar refractivity (Wildman–Crippen MR) is 213 cm³/mol. The molecule has 1 atom stereocenters. The Morgan fingerprint density at radius 1 is 0.776 bits per heavy atom. The van der Waals surface area contributed by atoms with Crippen molar-refractivity contribution in [2.75, 3.05) is 38.6 Å². The van der Waals surface area contributed by atoms with E-state index in [0.29, 0.717) is 41.5 Å². The Morgan fingerprint density at radius 2 is 1.47 bits per heavy atom. The predicted octanol–water partition coefficient (Wildman–Crippen LogP) is 6.31. The van der Waals surface area contributed by atoms with Gasteiger partial charge >= 0.3 is 29.8 Å². The van der Waals surface area contributed by atoms with Crippen molar-refractivity contribution in [3.63, 3.8) is 0 Å². The van der Waals surface area contributed by atoms with Crippen LogP contribution in [0.25, 0.3) is 10.2 Å². The number of benzene rings is 3. The molecule has 0 aliphatic rings. The molecule has 0 saturated heterocycles. The van der Waals surface area contributed by atoms with Gasteiger partial charge in [0.05, 0.1) is 41.6 Å². The Morgan fingerprint density at radius 3 is 2.21 bits per heavy atom. The van der Waals surface area contributed by atoms with E-state index < -0.39 is 36.1 Å². The highest BCUT2D eigenvalue weighted by atomic mass is 32.1. The number of nitrogens with one attached hydrogen (secondary N) is 1. The minimum absolute atomic E-state index is 0.148. The van der Waals surface area contributed by atoms with Gasteiger partial charge in [0.25, 0.3) is 0 Å². The van der Waals surface area contributed by atoms with Gasteiger partial charge in [-0.1, -0.05) is 43.2 Å². The molecule has 1 aromatic heterocycles. The number of nitrogens with zero attached hydrogens (tertiary/aromatic N) is 2. The van der Waals surface area contributed by atoms with E-state index in [1.165, 1.54) is 53.9 Å². The van der Waals surface area contributed by atoms with E-state index in [2.05, 4.69) is 35.2 Å². The fourth-order valence-corrected chi connectivity index (χ4v) is 5.37. The summed E-state index contributed by atoms with van der Waals surface area (Å²) in [6.45, 7) is 9.64. The number of rotatable bonds is 25. The van der Waals surface area contributed by atoms with Crippen LogP contribution in [-0.4, -0.2) is 80.6 Å². The molecule has 4 rings (SSSR count). The highest BCUT2D eigenvalue weighted by Gasteiger charge is 2.18. The zero-order chi connectivity index (χ0) is 41.5. The second-order valence-electron chi connectivity index (χ2n) is 11.6. The van der Waals surface area contributed by atoms with Crippen molar-refractivity contribution < 1.29 is 61.9 Å². The number of para-hydroxylation sites is 1. The Hall–Kier alpha value is -6.85. The van der Waals surface area contributed by atoms with Crippen molar-refractivity contribution in [1.29, 1.82) is 0 Å². The third-order valence-electron chi connectivity index (χ3n) is 7.39. The highest BCUT2D eigenvalue weighted by molar-refractivity contribution is 7.22. The number of aromatic nitrogens is 1. The van der Waals surface area contributed by atoms with E-state index in [-0.39, 0.29) is 51.0 Å². The van der Waals surface area contributed by atoms with Crippen LogP contribution in [0.15, 0.2) is 110 Å². The summed E-state index contributed by atoms with van der Waals surface area (Å²) in [7, 11) is 0. The van der Waals surface area contributed by atoms with Crippen LogP contribution in [0.3, 0.4) is 0 Å². The Balaban J connectivity index is 1.37. The molecular weight excluding hydrogens is 775 g/mol. The molecule has 0 amide bonds. The molecule has 17 heteroatoms. The van der Waals surface area contributed by atoms with Gasteiger partial charge in [0.15, 0.2) is 6.61 Å². The number of esters is 5. The third kappa shape index (κ3) is 15.4. The fraction of sp³-hybridized carbons (Fsp3) is 0.244. The molecule has 1 N–H and O–H groups in total. The van der Waals surface area contributed by atoms with Crippen LogP contribution in [0, 0.1) is 0 Å². The van der Waals surface area contributed by atoms with E-state index in [1.807, 2.05) is 24.3 Å². The number of carbonyl (C=O) groups is 5. The number of thiazole rings is 1. The zero-order valence-electron chi connectivity index (χ0n) is 31.3. The number of hydrogen-bond acceptors (Lipinski definition) is 17. The fourth-order valence-electron chi connectivity index (χ4n) is 4.55. The zero-order valence-corrected chi connectivity index (χ0v) is 32.1. The topological polar surface area (TPSA) is 196 Å². The number of fused-ring (bicyclic) bond motifs is 1. The van der Waals surface area contributed by atoms with Crippen LogP contribution >= 0.6 is 11.3 Å². The smallest absolute Gasteiger partial charge is 0.343 e. The number of hydrogen-bond donors (Lipinski definition) is 1. The van der Waals surface area contributed by atoms with Gasteiger partial charge in [-0.25, -0.2) is 24.2 Å². The molecule has 0 radical (unpaired) electrons. The summed E-state index contributed by atoms with van der Waals surface area (Å²) in [5.41, 5.74) is 4.23. The van der Waals surface area contributed by atoms with Crippen molar-refractivity contribution in [2.45, 2.75) is 32.0 Å². The molecule has 1 unspecified atom stereocenters. The normalized spacial score (nSPS) is 11.2. The Bertz CT molecular complexity index is 2050. The molecule has 0 spiro atoms. The van der Waals surface area contributed by atoms with E-state index >= 15 is 0 Å². The van der Waals surface area contributed by atoms with Crippen LogP contribution in [0.4, 0.5) is 5.13 Å². The molecular formula is C41H41N3O13S. The van der Waals surface area contributed by atoms with Gasteiger partial charge in [-0.2, -0.15) is 5.10 Å². The average Bonchev–Trinajstić information content (AvgIpc) is 3.66. The lowest BCUT2D eigenvalue weighted by Gasteiger charge is -2.19. The first-order valence-corrected chi connectivity index (χ1v) is 18.5. The van der Waals surface area contributed by atoms with Gasteiger partial charge < -0.3 is 37.9 Å². The monoisotopic (exact) mass is 815 g/mol. The van der Waals surface area contributed by atoms with Crippen LogP contribution < -0.4 is 19.6 Å². The molecule has 1 heterocycles. The minimum Gasteiger partial charge on any atom is -0.487 e. The maximum atomic E-state index is 13.3. The molecule has 16 nitrogen and oxygen atoms in total. The summed E-state index contributed by atoms with van der Waals surface area (Å²) in [6, 6.07) is 18.2. The summed E-state index contributed by atoms with van der Waals surface area (Å²) in [5, 5.41) is 4.82. The lowest BCUT2D eigenvalue weighted by Crippen LogP contribution is -2.29. The van der Waals surface area contributed by atoms with Crippen molar-refractivity contribution in [1.82, 2.24) is 4.98 Å². The maximum absolute atomic E-state index is 13.3. The number of anilines is 1. The average molecular weight is 816 g/mol. The van der Waals surface area contributed by atoms with Gasteiger partial charge in [-0.3, -0.25) is 10.2 Å². The van der Waals surface area contributed by atoms with Crippen molar-refractivity contribution in [3.8, 4) is 17.2 Å². The van der Waals surface area contributed by atoms with Gasteiger partial charge in [-0.15, -0.1) is 0 Å². The van der Waals surface area contributed by atoms with Gasteiger partial charge in [0.1, 0.15) is 23.9 Å². The van der Waals surface area contributed by atoms with Gasteiger partial charge in [0.2, 0.25) is 18.2 Å². The summed E-state index contributed by atoms with van der Waals surface area (Å²) in [6.07, 6.45) is 5.00. The standard InChI is InChI=1S/C41H41N3O13S/c1-4-35(45)50-21-10-7-11-22-52-39(57-38(48)20-23-51-36(46)5-2)26-53-30-16-14-28(15-17-30)40(49)56-33-19-18-31(54-27-55-37(47)6-3)24-29(33)25-42-44-41-43-32-12-8-9-13-34(32)58-41/h4-6,8-9,12-19,24-25,39H,1-3,7,10-11,20-23,26-27H2,(H,43,44)/b42-25+. The van der Waals surface area contributed by atoms with Crippen LogP contribution in [-0.2, 0) is 42.9 Å². The van der Waals surface area contributed by atoms with E-state index in [0.717, 1.165) is 28.4 Å². The second kappa shape index (κ2) is 23.9. The number of ether oxygens (including phenoxy) is 8. The van der Waals surface area contributed by atoms with Crippen molar-refractivity contribution in [3.05, 3.63) is 116 Å². The third-order valence-corrected chi connectivity index (χ3v) is 8.34. The first-order chi connectivity index (χ1) is 28.2. The minimum atomic E-state index is -1.11. The molecule has 0 aliphatic carbocycles. The van der Waals surface area contributed by atoms with Gasteiger partial charge in [-0.05, 0) is 73.9 Å². The van der Waals surface area contributed by atoms with E-state index in [4.69, 9.17) is 37.9 Å². The molecule has 0 fully saturated rings. The maximum Gasteiger partial charge on any atom is 0.343 e. The van der Waals surface area contributed by atoms with E-state index in [9.17, 15) is 24.0 Å².